The molecule has 0 saturated carbocycles. The summed E-state index contributed by atoms with van der Waals surface area (Å²) in [4.78, 5) is 15.8. The average Bonchev–Trinajstić information content (AvgIpc) is 2.47. The van der Waals surface area contributed by atoms with E-state index in [9.17, 15) is 10.1 Å². The highest BCUT2D eigenvalue weighted by atomic mass is 35.5. The predicted molar refractivity (Wildman–Crippen MR) is 89.2 cm³/mol. The van der Waals surface area contributed by atoms with Crippen molar-refractivity contribution in [3.05, 3.63) is 34.9 Å². The SMILES string of the molecule is CC(C)(C)OC(=O)N1CCN(C(C#N)c2cccc(Cl)c2)CC1. The topological polar surface area (TPSA) is 56.6 Å². The predicted octanol–water partition coefficient (Wildman–Crippen LogP) is 3.46. The van der Waals surface area contributed by atoms with Crippen LogP contribution in [-0.2, 0) is 4.74 Å². The van der Waals surface area contributed by atoms with E-state index in [1.807, 2.05) is 39.0 Å². The van der Waals surface area contributed by atoms with Gasteiger partial charge in [-0.15, -0.1) is 0 Å². The normalized spacial score (nSPS) is 17.4. The van der Waals surface area contributed by atoms with E-state index in [-0.39, 0.29) is 12.1 Å². The maximum atomic E-state index is 12.1. The summed E-state index contributed by atoms with van der Waals surface area (Å²) < 4.78 is 5.39. The molecule has 0 aromatic heterocycles. The molecular weight excluding hydrogens is 314 g/mol. The number of benzene rings is 1. The van der Waals surface area contributed by atoms with Crippen molar-refractivity contribution in [3.63, 3.8) is 0 Å². The molecule has 1 unspecified atom stereocenters. The molecule has 0 radical (unpaired) electrons. The number of amides is 1. The van der Waals surface area contributed by atoms with Gasteiger partial charge in [-0.2, -0.15) is 5.26 Å². The number of halogens is 1. The van der Waals surface area contributed by atoms with Crippen molar-refractivity contribution in [2.75, 3.05) is 26.2 Å². The highest BCUT2D eigenvalue weighted by Gasteiger charge is 2.29. The van der Waals surface area contributed by atoms with Gasteiger partial charge in [-0.25, -0.2) is 4.79 Å². The Morgan fingerprint density at radius 1 is 1.30 bits per heavy atom. The number of piperazine rings is 1. The Labute approximate surface area is 142 Å². The van der Waals surface area contributed by atoms with Gasteiger partial charge >= 0.3 is 6.09 Å². The summed E-state index contributed by atoms with van der Waals surface area (Å²) >= 11 is 6.01. The monoisotopic (exact) mass is 335 g/mol. The molecule has 0 spiro atoms. The Morgan fingerprint density at radius 2 is 1.96 bits per heavy atom. The van der Waals surface area contributed by atoms with Crippen molar-refractivity contribution in [1.29, 1.82) is 5.26 Å². The molecule has 6 heteroatoms. The van der Waals surface area contributed by atoms with Crippen LogP contribution in [-0.4, -0.2) is 47.7 Å². The Morgan fingerprint density at radius 3 is 2.48 bits per heavy atom. The Hall–Kier alpha value is -1.77. The van der Waals surface area contributed by atoms with Gasteiger partial charge in [-0.05, 0) is 38.5 Å². The van der Waals surface area contributed by atoms with Crippen molar-refractivity contribution < 1.29 is 9.53 Å². The first kappa shape index (κ1) is 17.6. The van der Waals surface area contributed by atoms with Gasteiger partial charge in [0.05, 0.1) is 6.07 Å². The summed E-state index contributed by atoms with van der Waals surface area (Å²) in [6.45, 7) is 7.92. The van der Waals surface area contributed by atoms with Gasteiger partial charge in [-0.3, -0.25) is 4.90 Å². The van der Waals surface area contributed by atoms with E-state index in [0.717, 1.165) is 5.56 Å². The highest BCUT2D eigenvalue weighted by molar-refractivity contribution is 6.30. The molecule has 5 nitrogen and oxygen atoms in total. The number of hydrogen-bond acceptors (Lipinski definition) is 4. The van der Waals surface area contributed by atoms with Crippen LogP contribution in [0.4, 0.5) is 4.79 Å². The first-order valence-electron chi connectivity index (χ1n) is 7.67. The molecule has 1 saturated heterocycles. The number of carbonyl (C=O) groups is 1. The van der Waals surface area contributed by atoms with Crippen molar-refractivity contribution in [2.45, 2.75) is 32.4 Å². The number of carbonyl (C=O) groups excluding carboxylic acids is 1. The van der Waals surface area contributed by atoms with E-state index in [2.05, 4.69) is 11.0 Å². The van der Waals surface area contributed by atoms with Gasteiger partial charge < -0.3 is 9.64 Å². The molecular formula is C17H22ClN3O2. The molecule has 124 valence electrons. The zero-order valence-corrected chi connectivity index (χ0v) is 14.5. The van der Waals surface area contributed by atoms with Gasteiger partial charge in [-0.1, -0.05) is 23.7 Å². The second-order valence-corrected chi connectivity index (χ2v) is 7.03. The van der Waals surface area contributed by atoms with Gasteiger partial charge in [0.15, 0.2) is 0 Å². The third-order valence-electron chi connectivity index (χ3n) is 3.62. The van der Waals surface area contributed by atoms with Crippen LogP contribution in [0.5, 0.6) is 0 Å². The molecule has 1 aliphatic rings. The van der Waals surface area contributed by atoms with E-state index in [1.165, 1.54) is 0 Å². The van der Waals surface area contributed by atoms with Crippen LogP contribution in [0.25, 0.3) is 0 Å². The van der Waals surface area contributed by atoms with Crippen LogP contribution in [0.15, 0.2) is 24.3 Å². The standard InChI is InChI=1S/C17H22ClN3O2/c1-17(2,3)23-16(22)21-9-7-20(8-10-21)15(12-19)13-5-4-6-14(18)11-13/h4-6,11,15H,7-10H2,1-3H3. The van der Waals surface area contributed by atoms with Crippen LogP contribution in [0.2, 0.25) is 5.02 Å². The summed E-state index contributed by atoms with van der Waals surface area (Å²) in [5.41, 5.74) is 0.384. The lowest BCUT2D eigenvalue weighted by atomic mass is 10.1. The van der Waals surface area contributed by atoms with Crippen molar-refractivity contribution >= 4 is 17.7 Å². The molecule has 1 aliphatic heterocycles. The fraction of sp³-hybridized carbons (Fsp3) is 0.529. The minimum absolute atomic E-state index is 0.298. The molecule has 1 heterocycles. The van der Waals surface area contributed by atoms with Gasteiger partial charge in [0, 0.05) is 31.2 Å². The first-order chi connectivity index (χ1) is 10.8. The lowest BCUT2D eigenvalue weighted by Crippen LogP contribution is -2.50. The zero-order valence-electron chi connectivity index (χ0n) is 13.8. The largest absolute Gasteiger partial charge is 0.444 e. The van der Waals surface area contributed by atoms with Crippen LogP contribution >= 0.6 is 11.6 Å². The summed E-state index contributed by atoms with van der Waals surface area (Å²) in [6, 6.07) is 9.33. The quantitative estimate of drug-likeness (QED) is 0.830. The van der Waals surface area contributed by atoms with E-state index < -0.39 is 5.60 Å². The zero-order chi connectivity index (χ0) is 17.0. The number of hydrogen-bond donors (Lipinski definition) is 0. The second kappa shape index (κ2) is 7.20. The maximum Gasteiger partial charge on any atom is 0.410 e. The Balaban J connectivity index is 1.98. The fourth-order valence-corrected chi connectivity index (χ4v) is 2.73. The third-order valence-corrected chi connectivity index (χ3v) is 3.85. The van der Waals surface area contributed by atoms with Gasteiger partial charge in [0.1, 0.15) is 11.6 Å². The van der Waals surface area contributed by atoms with Crippen LogP contribution in [0.1, 0.15) is 32.4 Å². The lowest BCUT2D eigenvalue weighted by molar-refractivity contribution is 0.0125. The molecule has 2 rings (SSSR count). The second-order valence-electron chi connectivity index (χ2n) is 6.59. The summed E-state index contributed by atoms with van der Waals surface area (Å²) in [6.07, 6.45) is -0.298. The minimum atomic E-state index is -0.496. The van der Waals surface area contributed by atoms with E-state index in [4.69, 9.17) is 16.3 Å². The van der Waals surface area contributed by atoms with E-state index in [1.54, 1.807) is 11.0 Å². The molecule has 23 heavy (non-hydrogen) atoms. The first-order valence-corrected chi connectivity index (χ1v) is 8.05. The number of rotatable bonds is 2. The minimum Gasteiger partial charge on any atom is -0.444 e. The summed E-state index contributed by atoms with van der Waals surface area (Å²) in [5.74, 6) is 0. The highest BCUT2D eigenvalue weighted by Crippen LogP contribution is 2.24. The third kappa shape index (κ3) is 4.85. The number of nitrogens with zero attached hydrogens (tertiary/aromatic N) is 3. The van der Waals surface area contributed by atoms with Crippen LogP contribution in [0.3, 0.4) is 0 Å². The van der Waals surface area contributed by atoms with Gasteiger partial charge in [0.25, 0.3) is 0 Å². The van der Waals surface area contributed by atoms with Crippen LogP contribution < -0.4 is 0 Å². The van der Waals surface area contributed by atoms with Gasteiger partial charge in [0.2, 0.25) is 0 Å². The van der Waals surface area contributed by atoms with Crippen molar-refractivity contribution in [2.24, 2.45) is 0 Å². The van der Waals surface area contributed by atoms with Crippen LogP contribution in [0, 0.1) is 11.3 Å². The maximum absolute atomic E-state index is 12.1. The molecule has 1 atom stereocenters. The Bertz CT molecular complexity index is 599. The molecule has 0 aliphatic carbocycles. The lowest BCUT2D eigenvalue weighted by Gasteiger charge is -2.37. The fourth-order valence-electron chi connectivity index (χ4n) is 2.53. The molecule has 1 aromatic rings. The average molecular weight is 336 g/mol. The molecule has 1 amide bonds. The van der Waals surface area contributed by atoms with E-state index >= 15 is 0 Å². The summed E-state index contributed by atoms with van der Waals surface area (Å²) in [5, 5.41) is 10.1. The Kier molecular flexibility index (Phi) is 5.51. The molecule has 0 bridgehead atoms. The smallest absolute Gasteiger partial charge is 0.410 e. The molecule has 1 fully saturated rings. The molecule has 1 aromatic carbocycles. The number of nitriles is 1. The summed E-state index contributed by atoms with van der Waals surface area (Å²) in [7, 11) is 0. The van der Waals surface area contributed by atoms with Crippen molar-refractivity contribution in [3.8, 4) is 6.07 Å². The van der Waals surface area contributed by atoms with E-state index in [0.29, 0.717) is 31.2 Å². The van der Waals surface area contributed by atoms with Crippen molar-refractivity contribution in [1.82, 2.24) is 9.80 Å². The molecule has 0 N–H and O–H groups in total. The number of ether oxygens (including phenoxy) is 1.